The quantitative estimate of drug-likeness (QED) is 0.753. The van der Waals surface area contributed by atoms with Crippen LogP contribution in [0.3, 0.4) is 0 Å². The van der Waals surface area contributed by atoms with Crippen molar-refractivity contribution >= 4 is 5.91 Å². The summed E-state index contributed by atoms with van der Waals surface area (Å²) in [4.78, 5) is 15.9. The summed E-state index contributed by atoms with van der Waals surface area (Å²) in [5, 5.41) is 0. The average Bonchev–Trinajstić information content (AvgIpc) is 2.39. The molecular formula is C15H28N2O. The molecule has 0 aromatic carbocycles. The van der Waals surface area contributed by atoms with E-state index in [-0.39, 0.29) is 5.91 Å². The Labute approximate surface area is 112 Å². The van der Waals surface area contributed by atoms with Crippen LogP contribution in [0.2, 0.25) is 0 Å². The van der Waals surface area contributed by atoms with E-state index in [1.165, 1.54) is 25.7 Å². The van der Waals surface area contributed by atoms with Crippen molar-refractivity contribution < 1.29 is 4.79 Å². The summed E-state index contributed by atoms with van der Waals surface area (Å²) in [5.74, 6) is 2.03. The van der Waals surface area contributed by atoms with Gasteiger partial charge in [0.1, 0.15) is 0 Å². The molecule has 1 aliphatic carbocycles. The molecule has 1 aliphatic heterocycles. The van der Waals surface area contributed by atoms with Crippen molar-refractivity contribution in [2.75, 3.05) is 26.2 Å². The summed E-state index contributed by atoms with van der Waals surface area (Å²) in [6, 6.07) is 0.786. The highest BCUT2D eigenvalue weighted by Crippen LogP contribution is 2.32. The lowest BCUT2D eigenvalue weighted by molar-refractivity contribution is -0.131. The van der Waals surface area contributed by atoms with Gasteiger partial charge in [0.15, 0.2) is 0 Å². The van der Waals surface area contributed by atoms with Crippen molar-refractivity contribution in [3.8, 4) is 0 Å². The predicted molar refractivity (Wildman–Crippen MR) is 74.4 cm³/mol. The molecule has 1 heterocycles. The summed E-state index contributed by atoms with van der Waals surface area (Å²) in [6.07, 6.45) is 5.52. The van der Waals surface area contributed by atoms with Gasteiger partial charge in [0.25, 0.3) is 0 Å². The van der Waals surface area contributed by atoms with Crippen molar-refractivity contribution in [3.63, 3.8) is 0 Å². The monoisotopic (exact) mass is 252 g/mol. The highest BCUT2D eigenvalue weighted by atomic mass is 16.2. The number of carbonyl (C=O) groups excluding carboxylic acids is 1. The molecule has 18 heavy (non-hydrogen) atoms. The van der Waals surface area contributed by atoms with Crippen LogP contribution in [0.1, 0.15) is 46.5 Å². The average molecular weight is 252 g/mol. The Morgan fingerprint density at radius 1 is 1.00 bits per heavy atom. The standard InChI is InChI=1S/C15H28N2O/c1-12(2)14-4-6-15(7-5-14)17-10-8-16(9-11-17)13(3)18/h12,14-15H,4-11H2,1-3H3. The number of piperazine rings is 1. The molecule has 0 atom stereocenters. The van der Waals surface area contributed by atoms with Gasteiger partial charge in [-0.15, -0.1) is 0 Å². The van der Waals surface area contributed by atoms with Crippen molar-refractivity contribution in [1.82, 2.24) is 9.80 Å². The van der Waals surface area contributed by atoms with Gasteiger partial charge in [-0.2, -0.15) is 0 Å². The van der Waals surface area contributed by atoms with E-state index in [0.29, 0.717) is 0 Å². The molecule has 0 unspecified atom stereocenters. The van der Waals surface area contributed by atoms with Gasteiger partial charge in [-0.1, -0.05) is 13.8 Å². The van der Waals surface area contributed by atoms with E-state index in [1.807, 2.05) is 4.90 Å². The minimum absolute atomic E-state index is 0.234. The molecule has 0 spiro atoms. The maximum absolute atomic E-state index is 11.3. The zero-order valence-corrected chi connectivity index (χ0v) is 12.2. The van der Waals surface area contributed by atoms with Gasteiger partial charge in [0, 0.05) is 39.1 Å². The number of carbonyl (C=O) groups is 1. The van der Waals surface area contributed by atoms with E-state index >= 15 is 0 Å². The van der Waals surface area contributed by atoms with Gasteiger partial charge in [-0.05, 0) is 37.5 Å². The van der Waals surface area contributed by atoms with Crippen molar-refractivity contribution in [2.45, 2.75) is 52.5 Å². The first-order valence-corrected chi connectivity index (χ1v) is 7.57. The van der Waals surface area contributed by atoms with Crippen LogP contribution < -0.4 is 0 Å². The van der Waals surface area contributed by atoms with Crippen LogP contribution in [0.4, 0.5) is 0 Å². The normalized spacial score (nSPS) is 30.8. The minimum Gasteiger partial charge on any atom is -0.340 e. The number of hydrogen-bond donors (Lipinski definition) is 0. The fourth-order valence-corrected chi connectivity index (χ4v) is 3.54. The molecule has 1 amide bonds. The van der Waals surface area contributed by atoms with Crippen LogP contribution in [0, 0.1) is 11.8 Å². The van der Waals surface area contributed by atoms with Gasteiger partial charge >= 0.3 is 0 Å². The number of rotatable bonds is 2. The van der Waals surface area contributed by atoms with E-state index in [0.717, 1.165) is 44.1 Å². The summed E-state index contributed by atoms with van der Waals surface area (Å²) in [7, 11) is 0. The SMILES string of the molecule is CC(=O)N1CCN(C2CCC(C(C)C)CC2)CC1. The maximum atomic E-state index is 11.3. The third kappa shape index (κ3) is 3.25. The Morgan fingerprint density at radius 2 is 1.56 bits per heavy atom. The molecule has 3 heteroatoms. The van der Waals surface area contributed by atoms with Crippen LogP contribution in [0.15, 0.2) is 0 Å². The highest BCUT2D eigenvalue weighted by Gasteiger charge is 2.29. The van der Waals surface area contributed by atoms with Crippen molar-refractivity contribution in [1.29, 1.82) is 0 Å². The van der Waals surface area contributed by atoms with Crippen LogP contribution in [-0.4, -0.2) is 47.9 Å². The lowest BCUT2D eigenvalue weighted by Crippen LogP contribution is -2.52. The van der Waals surface area contributed by atoms with Gasteiger partial charge in [-0.25, -0.2) is 0 Å². The smallest absolute Gasteiger partial charge is 0.219 e. The number of hydrogen-bond acceptors (Lipinski definition) is 2. The van der Waals surface area contributed by atoms with Crippen LogP contribution >= 0.6 is 0 Å². The molecule has 0 aromatic rings. The molecule has 3 nitrogen and oxygen atoms in total. The zero-order valence-electron chi connectivity index (χ0n) is 12.2. The summed E-state index contributed by atoms with van der Waals surface area (Å²) < 4.78 is 0. The molecule has 104 valence electrons. The van der Waals surface area contributed by atoms with Crippen molar-refractivity contribution in [3.05, 3.63) is 0 Å². The van der Waals surface area contributed by atoms with Crippen molar-refractivity contribution in [2.24, 2.45) is 11.8 Å². The summed E-state index contributed by atoms with van der Waals surface area (Å²) in [6.45, 7) is 10.4. The van der Waals surface area contributed by atoms with Crippen LogP contribution in [0.5, 0.6) is 0 Å². The van der Waals surface area contributed by atoms with E-state index in [4.69, 9.17) is 0 Å². The second kappa shape index (κ2) is 6.05. The molecular weight excluding hydrogens is 224 g/mol. The Bertz CT molecular complexity index is 274. The second-order valence-electron chi connectivity index (χ2n) is 6.35. The summed E-state index contributed by atoms with van der Waals surface area (Å²) in [5.41, 5.74) is 0. The first kappa shape index (κ1) is 13.9. The van der Waals surface area contributed by atoms with E-state index in [2.05, 4.69) is 18.7 Å². The second-order valence-corrected chi connectivity index (χ2v) is 6.35. The first-order chi connectivity index (χ1) is 8.58. The lowest BCUT2D eigenvalue weighted by Gasteiger charge is -2.42. The van der Waals surface area contributed by atoms with Crippen LogP contribution in [0.25, 0.3) is 0 Å². The fraction of sp³-hybridized carbons (Fsp3) is 0.933. The Kier molecular flexibility index (Phi) is 4.66. The molecule has 0 N–H and O–H groups in total. The molecule has 0 radical (unpaired) electrons. The molecule has 1 saturated heterocycles. The van der Waals surface area contributed by atoms with E-state index < -0.39 is 0 Å². The molecule has 1 saturated carbocycles. The fourth-order valence-electron chi connectivity index (χ4n) is 3.54. The Morgan fingerprint density at radius 3 is 2.00 bits per heavy atom. The highest BCUT2D eigenvalue weighted by molar-refractivity contribution is 5.73. The van der Waals surface area contributed by atoms with Gasteiger partial charge in [0.05, 0.1) is 0 Å². The molecule has 2 aliphatic rings. The third-order valence-electron chi connectivity index (χ3n) is 4.96. The summed E-state index contributed by atoms with van der Waals surface area (Å²) >= 11 is 0. The van der Waals surface area contributed by atoms with E-state index in [1.54, 1.807) is 6.92 Å². The maximum Gasteiger partial charge on any atom is 0.219 e. The van der Waals surface area contributed by atoms with Gasteiger partial charge < -0.3 is 4.90 Å². The van der Waals surface area contributed by atoms with Gasteiger partial charge in [0.2, 0.25) is 5.91 Å². The molecule has 0 aromatic heterocycles. The Hall–Kier alpha value is -0.570. The van der Waals surface area contributed by atoms with Gasteiger partial charge in [-0.3, -0.25) is 9.69 Å². The lowest BCUT2D eigenvalue weighted by atomic mass is 9.79. The topological polar surface area (TPSA) is 23.6 Å². The molecule has 2 fully saturated rings. The van der Waals surface area contributed by atoms with Crippen LogP contribution in [-0.2, 0) is 4.79 Å². The van der Waals surface area contributed by atoms with E-state index in [9.17, 15) is 4.79 Å². The first-order valence-electron chi connectivity index (χ1n) is 7.57. The predicted octanol–water partition coefficient (Wildman–Crippen LogP) is 2.37. The largest absolute Gasteiger partial charge is 0.340 e. The molecule has 2 rings (SSSR count). The minimum atomic E-state index is 0.234. The number of amides is 1. The zero-order chi connectivity index (χ0) is 13.1. The third-order valence-corrected chi connectivity index (χ3v) is 4.96. The molecule has 0 bridgehead atoms. The number of nitrogens with zero attached hydrogens (tertiary/aromatic N) is 2. The Balaban J connectivity index is 1.76.